The monoisotopic (exact) mass is 261 g/mol. The van der Waals surface area contributed by atoms with E-state index in [-0.39, 0.29) is 6.03 Å². The smallest absolute Gasteiger partial charge is 0.319 e. The normalized spacial score (nSPS) is 22.2. The summed E-state index contributed by atoms with van der Waals surface area (Å²) in [5.74, 6) is 1.10. The zero-order valence-electron chi connectivity index (χ0n) is 11.5. The summed E-state index contributed by atoms with van der Waals surface area (Å²) in [5.41, 5.74) is 7.71. The van der Waals surface area contributed by atoms with Crippen LogP contribution in [-0.4, -0.2) is 19.1 Å². The molecule has 4 N–H and O–H groups in total. The van der Waals surface area contributed by atoms with Gasteiger partial charge in [0.15, 0.2) is 0 Å². The first-order valence-electron chi connectivity index (χ1n) is 7.00. The molecule has 2 rings (SSSR count). The van der Waals surface area contributed by atoms with E-state index >= 15 is 0 Å². The number of anilines is 1. The fourth-order valence-electron chi connectivity index (χ4n) is 2.81. The third kappa shape index (κ3) is 3.96. The first kappa shape index (κ1) is 13.9. The van der Waals surface area contributed by atoms with Gasteiger partial charge in [0.1, 0.15) is 0 Å². The Hall–Kier alpha value is -1.55. The minimum absolute atomic E-state index is 0.131. The lowest BCUT2D eigenvalue weighted by Crippen LogP contribution is -2.35. The molecule has 2 atom stereocenters. The van der Waals surface area contributed by atoms with Crippen LogP contribution in [0.2, 0.25) is 0 Å². The van der Waals surface area contributed by atoms with E-state index in [0.29, 0.717) is 11.8 Å². The average Bonchev–Trinajstić information content (AvgIpc) is 2.83. The van der Waals surface area contributed by atoms with Crippen molar-refractivity contribution in [3.05, 3.63) is 29.8 Å². The Morgan fingerprint density at radius 3 is 2.89 bits per heavy atom. The molecule has 0 spiro atoms. The Bertz CT molecular complexity index is 433. The van der Waals surface area contributed by atoms with Crippen LogP contribution in [0.4, 0.5) is 10.5 Å². The Morgan fingerprint density at radius 2 is 2.16 bits per heavy atom. The largest absolute Gasteiger partial charge is 0.338 e. The molecule has 1 aliphatic carbocycles. The Morgan fingerprint density at radius 1 is 1.37 bits per heavy atom. The van der Waals surface area contributed by atoms with Gasteiger partial charge in [0.25, 0.3) is 0 Å². The molecule has 0 heterocycles. The number of hydrogen-bond donors (Lipinski definition) is 3. The molecule has 4 heteroatoms. The summed E-state index contributed by atoms with van der Waals surface area (Å²) in [7, 11) is 0. The van der Waals surface area contributed by atoms with Crippen molar-refractivity contribution in [2.75, 3.05) is 18.4 Å². The SMILES string of the molecule is Cc1cccc(NC(=O)NCC2CCCC2CN)c1. The maximum absolute atomic E-state index is 11.8. The van der Waals surface area contributed by atoms with Gasteiger partial charge in [-0.15, -0.1) is 0 Å². The molecule has 1 fully saturated rings. The van der Waals surface area contributed by atoms with E-state index in [2.05, 4.69) is 10.6 Å². The van der Waals surface area contributed by atoms with Crippen molar-refractivity contribution >= 4 is 11.7 Å². The maximum atomic E-state index is 11.8. The van der Waals surface area contributed by atoms with Gasteiger partial charge in [-0.25, -0.2) is 4.79 Å². The zero-order chi connectivity index (χ0) is 13.7. The van der Waals surface area contributed by atoms with E-state index < -0.39 is 0 Å². The number of carbonyl (C=O) groups excluding carboxylic acids is 1. The summed E-state index contributed by atoms with van der Waals surface area (Å²) in [4.78, 5) is 11.8. The van der Waals surface area contributed by atoms with E-state index in [4.69, 9.17) is 5.73 Å². The number of urea groups is 1. The summed E-state index contributed by atoms with van der Waals surface area (Å²) in [5, 5.41) is 5.81. The molecular formula is C15H23N3O. The summed E-state index contributed by atoms with van der Waals surface area (Å²) in [6, 6.07) is 7.66. The average molecular weight is 261 g/mol. The number of nitrogens with one attached hydrogen (secondary N) is 2. The number of benzene rings is 1. The highest BCUT2D eigenvalue weighted by molar-refractivity contribution is 5.89. The molecule has 2 amide bonds. The van der Waals surface area contributed by atoms with Crippen LogP contribution in [0, 0.1) is 18.8 Å². The molecule has 0 radical (unpaired) electrons. The molecule has 0 saturated heterocycles. The van der Waals surface area contributed by atoms with Crippen molar-refractivity contribution in [3.8, 4) is 0 Å². The third-order valence-corrected chi connectivity index (χ3v) is 3.92. The third-order valence-electron chi connectivity index (χ3n) is 3.92. The number of amides is 2. The molecule has 4 nitrogen and oxygen atoms in total. The zero-order valence-corrected chi connectivity index (χ0v) is 11.5. The molecule has 0 bridgehead atoms. The Labute approximate surface area is 114 Å². The van der Waals surface area contributed by atoms with E-state index in [1.54, 1.807) is 0 Å². The van der Waals surface area contributed by atoms with Crippen LogP contribution >= 0.6 is 0 Å². The molecule has 0 aliphatic heterocycles. The highest BCUT2D eigenvalue weighted by atomic mass is 16.2. The number of nitrogens with two attached hydrogens (primary N) is 1. The van der Waals surface area contributed by atoms with Crippen LogP contribution < -0.4 is 16.4 Å². The van der Waals surface area contributed by atoms with Gasteiger partial charge >= 0.3 is 6.03 Å². The van der Waals surface area contributed by atoms with Crippen LogP contribution in [0.3, 0.4) is 0 Å². The quantitative estimate of drug-likeness (QED) is 0.779. The predicted molar refractivity (Wildman–Crippen MR) is 78.1 cm³/mol. The molecule has 0 aromatic heterocycles. The minimum atomic E-state index is -0.131. The van der Waals surface area contributed by atoms with Crippen LogP contribution in [-0.2, 0) is 0 Å². The summed E-state index contributed by atoms with van der Waals surface area (Å²) in [6.45, 7) is 3.46. The van der Waals surface area contributed by atoms with Crippen molar-refractivity contribution in [1.29, 1.82) is 0 Å². The van der Waals surface area contributed by atoms with E-state index in [0.717, 1.165) is 24.3 Å². The second-order valence-corrected chi connectivity index (χ2v) is 5.39. The van der Waals surface area contributed by atoms with Gasteiger partial charge in [0, 0.05) is 12.2 Å². The fourth-order valence-corrected chi connectivity index (χ4v) is 2.81. The van der Waals surface area contributed by atoms with Crippen LogP contribution in [0.25, 0.3) is 0 Å². The molecule has 1 saturated carbocycles. The molecule has 2 unspecified atom stereocenters. The van der Waals surface area contributed by atoms with Crippen LogP contribution in [0.1, 0.15) is 24.8 Å². The van der Waals surface area contributed by atoms with E-state index in [1.165, 1.54) is 19.3 Å². The number of hydrogen-bond acceptors (Lipinski definition) is 2. The van der Waals surface area contributed by atoms with E-state index in [9.17, 15) is 4.79 Å². The predicted octanol–water partition coefficient (Wildman–Crippen LogP) is 2.49. The van der Waals surface area contributed by atoms with Crippen molar-refractivity contribution in [1.82, 2.24) is 5.32 Å². The summed E-state index contributed by atoms with van der Waals surface area (Å²) in [6.07, 6.45) is 3.60. The molecule has 1 aliphatic rings. The molecule has 104 valence electrons. The molecule has 1 aromatic rings. The van der Waals surface area contributed by atoms with Gasteiger partial charge in [0.05, 0.1) is 0 Å². The topological polar surface area (TPSA) is 67.2 Å². The minimum Gasteiger partial charge on any atom is -0.338 e. The Kier molecular flexibility index (Phi) is 4.80. The molecule has 1 aromatic carbocycles. The standard InChI is InChI=1S/C15H23N3O/c1-11-4-2-7-14(8-11)18-15(19)17-10-13-6-3-5-12(13)9-16/h2,4,7-8,12-13H,3,5-6,9-10,16H2,1H3,(H2,17,18,19). The van der Waals surface area contributed by atoms with Gasteiger partial charge in [0.2, 0.25) is 0 Å². The van der Waals surface area contributed by atoms with Gasteiger partial charge in [-0.1, -0.05) is 18.6 Å². The lowest BCUT2D eigenvalue weighted by Gasteiger charge is -2.18. The van der Waals surface area contributed by atoms with Crippen LogP contribution in [0.15, 0.2) is 24.3 Å². The number of aryl methyl sites for hydroxylation is 1. The molecular weight excluding hydrogens is 238 g/mol. The van der Waals surface area contributed by atoms with Crippen LogP contribution in [0.5, 0.6) is 0 Å². The van der Waals surface area contributed by atoms with Gasteiger partial charge in [-0.3, -0.25) is 0 Å². The Balaban J connectivity index is 1.78. The second-order valence-electron chi connectivity index (χ2n) is 5.39. The first-order chi connectivity index (χ1) is 9.19. The van der Waals surface area contributed by atoms with Gasteiger partial charge in [-0.05, 0) is 55.8 Å². The fraction of sp³-hybridized carbons (Fsp3) is 0.533. The van der Waals surface area contributed by atoms with E-state index in [1.807, 2.05) is 31.2 Å². The van der Waals surface area contributed by atoms with Crippen molar-refractivity contribution < 1.29 is 4.79 Å². The summed E-state index contributed by atoms with van der Waals surface area (Å²) >= 11 is 0. The molecule has 19 heavy (non-hydrogen) atoms. The van der Waals surface area contributed by atoms with Gasteiger partial charge in [-0.2, -0.15) is 0 Å². The highest BCUT2D eigenvalue weighted by Crippen LogP contribution is 2.30. The number of carbonyl (C=O) groups is 1. The van der Waals surface area contributed by atoms with Crippen molar-refractivity contribution in [2.45, 2.75) is 26.2 Å². The van der Waals surface area contributed by atoms with Crippen molar-refractivity contribution in [2.24, 2.45) is 17.6 Å². The highest BCUT2D eigenvalue weighted by Gasteiger charge is 2.26. The number of rotatable bonds is 4. The summed E-state index contributed by atoms with van der Waals surface area (Å²) < 4.78 is 0. The van der Waals surface area contributed by atoms with Gasteiger partial charge < -0.3 is 16.4 Å². The van der Waals surface area contributed by atoms with Crippen molar-refractivity contribution in [3.63, 3.8) is 0 Å². The maximum Gasteiger partial charge on any atom is 0.319 e. The second kappa shape index (κ2) is 6.57. The first-order valence-corrected chi connectivity index (χ1v) is 7.00. The lowest BCUT2D eigenvalue weighted by atomic mass is 9.96. The lowest BCUT2D eigenvalue weighted by molar-refractivity contribution is 0.248.